The third-order valence-electron chi connectivity index (χ3n) is 0. The van der Waals surface area contributed by atoms with E-state index in [4.69, 9.17) is 31.3 Å². The van der Waals surface area contributed by atoms with Crippen LogP contribution >= 0.6 is 0 Å². The largest absolute Gasteiger partial charge is 0.898 e. The fourth-order valence-corrected chi connectivity index (χ4v) is 0. The van der Waals surface area contributed by atoms with Gasteiger partial charge in [0.2, 0.25) is 0 Å². The molecule has 68 valence electrons. The molecule has 0 fully saturated rings. The first-order valence-corrected chi connectivity index (χ1v) is 2.75. The zero-order valence-corrected chi connectivity index (χ0v) is 7.61. The summed E-state index contributed by atoms with van der Waals surface area (Å²) in [6, 6.07) is 0. The molecule has 0 aromatic carbocycles. The molecule has 6 nitrogen and oxygen atoms in total. The quantitative estimate of drug-likeness (QED) is 0.522. The predicted molar refractivity (Wildman–Crippen MR) is 42.7 cm³/mol. The van der Waals surface area contributed by atoms with E-state index in [-0.39, 0.29) is 0 Å². The van der Waals surface area contributed by atoms with Gasteiger partial charge in [-0.3, -0.25) is 9.59 Å². The maximum atomic E-state index is 9.00. The number of hydrogen-bond acceptors (Lipinski definition) is 2. The molecular weight excluding hydrogens is 164 g/mol. The van der Waals surface area contributed by atoms with Crippen LogP contribution in [0.25, 0.3) is 0 Å². The van der Waals surface area contributed by atoms with Crippen LogP contribution in [-0.4, -0.2) is 36.2 Å². The maximum Gasteiger partial charge on any atom is 0.898 e. The fraction of sp³-hybridized carbons (Fsp3) is 0.667. The molecule has 0 aliphatic rings. The molecule has 0 aliphatic carbocycles. The number of carboxylic acid groups (broad SMARTS) is 2. The maximum absolute atomic E-state index is 9.00. The minimum Gasteiger partial charge on any atom is -0.481 e. The number of rotatable bonds is 0. The van der Waals surface area contributed by atoms with Crippen molar-refractivity contribution in [1.29, 1.82) is 0 Å². The van der Waals surface area contributed by atoms with Gasteiger partial charge in [0, 0.05) is 13.8 Å². The number of carboxylic acids is 2. The average Bonchev–Trinajstić information content (AvgIpc) is 1.93. The highest BCUT2D eigenvalue weighted by Gasteiger charge is 1.73. The van der Waals surface area contributed by atoms with Crippen LogP contribution in [0.2, 0.25) is 0 Å². The van der Waals surface area contributed by atoms with Gasteiger partial charge in [-0.1, -0.05) is 0 Å². The first kappa shape index (κ1) is 22.4. The summed E-state index contributed by atoms with van der Waals surface area (Å²) in [4.78, 5) is 18.0. The van der Waals surface area contributed by atoms with Gasteiger partial charge in [0.05, 0.1) is 0 Å². The lowest BCUT2D eigenvalue weighted by Crippen LogP contribution is -1.78. The topological polar surface area (TPSA) is 119 Å². The van der Waals surface area contributed by atoms with Crippen LogP contribution in [-0.2, 0) is 9.59 Å². The zero-order chi connectivity index (χ0) is 11.2. The van der Waals surface area contributed by atoms with E-state index in [0.717, 1.165) is 27.9 Å². The average molecular weight is 178 g/mol. The Labute approximate surface area is 72.2 Å². The number of carbonyl (C=O) groups is 2. The van der Waals surface area contributed by atoms with E-state index in [1.54, 1.807) is 0 Å². The summed E-state index contributed by atoms with van der Waals surface area (Å²) in [6.07, 6.45) is 0. The van der Waals surface area contributed by atoms with Crippen LogP contribution in [0.1, 0.15) is 13.8 Å². The summed E-state index contributed by atoms with van der Waals surface area (Å²) in [5.41, 5.74) is 14.0. The third-order valence-corrected chi connectivity index (χ3v) is 0. The van der Waals surface area contributed by atoms with Crippen molar-refractivity contribution in [3.63, 3.8) is 0 Å². The SMILES string of the molecule is CC(=O)O.CC(=O)O.C[N+2].C[N+2]. The summed E-state index contributed by atoms with van der Waals surface area (Å²) in [7, 11) is 2.00. The predicted octanol–water partition coefficient (Wildman–Crippen LogP) is -0.448. The summed E-state index contributed by atoms with van der Waals surface area (Å²) >= 11 is 0. The van der Waals surface area contributed by atoms with Gasteiger partial charge >= 0.3 is 25.6 Å². The van der Waals surface area contributed by atoms with Gasteiger partial charge in [0.25, 0.3) is 11.9 Å². The molecule has 0 aromatic rings. The van der Waals surface area contributed by atoms with Gasteiger partial charge in [-0.05, 0) is 0 Å². The van der Waals surface area contributed by atoms with Crippen molar-refractivity contribution in [2.45, 2.75) is 13.8 Å². The monoisotopic (exact) mass is 178 g/mol. The van der Waals surface area contributed by atoms with E-state index < -0.39 is 11.9 Å². The molecule has 4 radical (unpaired) electrons. The highest BCUT2D eigenvalue weighted by Crippen LogP contribution is 1.42. The normalized spacial score (nSPS) is 5.00. The molecule has 0 rings (SSSR count). The minimum atomic E-state index is -0.833. The first-order chi connectivity index (χ1) is 5.46. The van der Waals surface area contributed by atoms with Crippen molar-refractivity contribution in [3.8, 4) is 0 Å². The Hall–Kier alpha value is -1.46. The lowest BCUT2D eigenvalue weighted by molar-refractivity contribution is -0.135. The molecule has 0 spiro atoms. The van der Waals surface area contributed by atoms with Crippen molar-refractivity contribution < 1.29 is 19.8 Å². The third kappa shape index (κ3) is 228. The van der Waals surface area contributed by atoms with Crippen LogP contribution in [0, 0.1) is 0 Å². The molecule has 12 heavy (non-hydrogen) atoms. The minimum absolute atomic E-state index is 0.833. The van der Waals surface area contributed by atoms with Crippen LogP contribution in [0.4, 0.5) is 0 Å². The van der Waals surface area contributed by atoms with Crippen molar-refractivity contribution in [3.05, 3.63) is 0 Å². The number of nitrogens with zero attached hydrogens (tertiary/aromatic N) is 2. The molecule has 0 heterocycles. The second kappa shape index (κ2) is 33.8. The Kier molecular flexibility index (Phi) is 63.1. The second-order valence-electron chi connectivity index (χ2n) is 1.04. The lowest BCUT2D eigenvalue weighted by atomic mass is 10.9. The molecule has 6 heteroatoms. The molecular formula is C6H14N2O4+4. The molecule has 0 aliphatic heterocycles. The Bertz CT molecular complexity index is 75.5. The molecule has 0 aromatic heterocycles. The molecule has 0 saturated carbocycles. The van der Waals surface area contributed by atoms with E-state index in [1.807, 2.05) is 0 Å². The molecule has 2 N–H and O–H groups in total. The summed E-state index contributed by atoms with van der Waals surface area (Å²) in [5.74, 6) is -1.67. The van der Waals surface area contributed by atoms with Crippen molar-refractivity contribution >= 4 is 11.9 Å². The van der Waals surface area contributed by atoms with Crippen LogP contribution in [0.5, 0.6) is 0 Å². The Balaban J connectivity index is -0.0000000380. The Morgan fingerprint density at radius 2 is 0.833 bits per heavy atom. The van der Waals surface area contributed by atoms with Gasteiger partial charge in [0.1, 0.15) is 0 Å². The lowest BCUT2D eigenvalue weighted by Gasteiger charge is -1.59. The molecule has 0 unspecified atom stereocenters. The standard InChI is InChI=1S/2C2H4O2.2CH3N/c2*1-2(3)4;2*1-2/h2*1H3,(H,3,4);2*1H3/q;;2*+2. The van der Waals surface area contributed by atoms with Gasteiger partial charge in [0.15, 0.2) is 0 Å². The molecule has 0 bridgehead atoms. The van der Waals surface area contributed by atoms with E-state index in [2.05, 4.69) is 0 Å². The smallest absolute Gasteiger partial charge is 0.481 e. The van der Waals surface area contributed by atoms with Gasteiger partial charge in [-0.25, -0.2) is 0 Å². The van der Waals surface area contributed by atoms with Crippen LogP contribution < -0.4 is 11.5 Å². The van der Waals surface area contributed by atoms with Crippen molar-refractivity contribution in [2.75, 3.05) is 14.1 Å². The molecule has 0 atom stereocenters. The van der Waals surface area contributed by atoms with E-state index >= 15 is 0 Å². The highest BCUT2D eigenvalue weighted by atomic mass is 16.4. The van der Waals surface area contributed by atoms with Crippen molar-refractivity contribution in [2.24, 2.45) is 0 Å². The second-order valence-corrected chi connectivity index (χ2v) is 1.04. The van der Waals surface area contributed by atoms with Gasteiger partial charge < -0.3 is 10.2 Å². The van der Waals surface area contributed by atoms with Crippen LogP contribution in [0.15, 0.2) is 0 Å². The Morgan fingerprint density at radius 1 is 0.833 bits per heavy atom. The summed E-state index contributed by atoms with van der Waals surface area (Å²) in [6.45, 7) is 2.17. The van der Waals surface area contributed by atoms with Crippen LogP contribution in [0.3, 0.4) is 0 Å². The zero-order valence-electron chi connectivity index (χ0n) is 7.61. The molecule has 0 amide bonds. The van der Waals surface area contributed by atoms with Crippen molar-refractivity contribution in [1.82, 2.24) is 11.5 Å². The fourth-order valence-electron chi connectivity index (χ4n) is 0. The first-order valence-electron chi connectivity index (χ1n) is 2.75. The van der Waals surface area contributed by atoms with E-state index in [1.165, 1.54) is 0 Å². The van der Waals surface area contributed by atoms with E-state index in [9.17, 15) is 0 Å². The van der Waals surface area contributed by atoms with Gasteiger partial charge in [-0.15, -0.1) is 0 Å². The van der Waals surface area contributed by atoms with E-state index in [0.29, 0.717) is 0 Å². The summed E-state index contributed by atoms with van der Waals surface area (Å²) < 4.78 is 0. The molecule has 0 saturated heterocycles. The highest BCUT2D eigenvalue weighted by molar-refractivity contribution is 5.63. The number of hydrogen-bond donors (Lipinski definition) is 2. The summed E-state index contributed by atoms with van der Waals surface area (Å²) in [5, 5.41) is 14.8. The number of aliphatic carboxylic acids is 2. The Morgan fingerprint density at radius 3 is 0.833 bits per heavy atom. The van der Waals surface area contributed by atoms with Gasteiger partial charge in [-0.2, -0.15) is 0 Å².